The number of amides is 2. The molecule has 1 N–H and O–H groups in total. The Labute approximate surface area is 164 Å². The molecule has 1 atom stereocenters. The Morgan fingerprint density at radius 2 is 1.96 bits per heavy atom. The van der Waals surface area contributed by atoms with Crippen molar-refractivity contribution in [1.29, 1.82) is 0 Å². The number of aliphatic hydroxyl groups is 1. The highest BCUT2D eigenvalue weighted by Crippen LogP contribution is 2.46. The predicted octanol–water partition coefficient (Wildman–Crippen LogP) is 1.15. The molecular weight excluding hydrogens is 356 g/mol. The average Bonchev–Trinajstić information content (AvgIpc) is 3.26. The second-order valence-corrected chi connectivity index (χ2v) is 7.83. The van der Waals surface area contributed by atoms with Gasteiger partial charge in [0.25, 0.3) is 0 Å². The fourth-order valence-electron chi connectivity index (χ4n) is 4.30. The Morgan fingerprint density at radius 3 is 2.68 bits per heavy atom. The van der Waals surface area contributed by atoms with Crippen LogP contribution in [0.4, 0.5) is 5.69 Å². The zero-order valence-corrected chi connectivity index (χ0v) is 16.2. The van der Waals surface area contributed by atoms with Gasteiger partial charge in [0.05, 0.1) is 17.8 Å². The molecule has 28 heavy (non-hydrogen) atoms. The number of hydrogen-bond acceptors (Lipinski definition) is 5. The van der Waals surface area contributed by atoms with Crippen LogP contribution in [-0.4, -0.2) is 58.0 Å². The molecule has 2 amide bonds. The maximum absolute atomic E-state index is 13.1. The quantitative estimate of drug-likeness (QED) is 0.863. The van der Waals surface area contributed by atoms with Gasteiger partial charge in [-0.15, -0.1) is 0 Å². The first-order chi connectivity index (χ1) is 13.4. The number of likely N-dealkylation sites (tertiary alicyclic amines) is 1. The van der Waals surface area contributed by atoms with Gasteiger partial charge in [-0.05, 0) is 31.9 Å². The van der Waals surface area contributed by atoms with Gasteiger partial charge in [0.15, 0.2) is 0 Å². The first-order valence-electron chi connectivity index (χ1n) is 9.49. The number of fused-ring (bicyclic) bond motifs is 2. The van der Waals surface area contributed by atoms with E-state index in [0.29, 0.717) is 25.3 Å². The summed E-state index contributed by atoms with van der Waals surface area (Å²) in [5, 5.41) is 9.22. The molecule has 3 heterocycles. The highest BCUT2D eigenvalue weighted by Gasteiger charge is 2.49. The fraction of sp³-hybridized carbons (Fsp3) is 0.429. The van der Waals surface area contributed by atoms with Crippen LogP contribution < -0.4 is 4.90 Å². The predicted molar refractivity (Wildman–Crippen MR) is 104 cm³/mol. The third-order valence-corrected chi connectivity index (χ3v) is 5.78. The number of aliphatic hydroxyl groups excluding tert-OH is 1. The summed E-state index contributed by atoms with van der Waals surface area (Å²) in [6.45, 7) is 5.08. The average molecular weight is 380 g/mol. The second-order valence-electron chi connectivity index (χ2n) is 7.83. The summed E-state index contributed by atoms with van der Waals surface area (Å²) in [5.74, 6) is -0.280. The van der Waals surface area contributed by atoms with Crippen molar-refractivity contribution in [3.05, 3.63) is 53.1 Å². The summed E-state index contributed by atoms with van der Waals surface area (Å²) in [5.41, 5.74) is 4.34. The molecule has 4 rings (SSSR count). The number of anilines is 1. The normalized spacial score (nSPS) is 20.7. The van der Waals surface area contributed by atoms with Crippen molar-refractivity contribution in [2.45, 2.75) is 32.1 Å². The fourth-order valence-corrected chi connectivity index (χ4v) is 4.30. The largest absolute Gasteiger partial charge is 0.387 e. The first kappa shape index (κ1) is 18.6. The van der Waals surface area contributed by atoms with E-state index in [9.17, 15) is 14.7 Å². The summed E-state index contributed by atoms with van der Waals surface area (Å²) < 4.78 is 0. The maximum Gasteiger partial charge on any atom is 0.248 e. The van der Waals surface area contributed by atoms with Crippen molar-refractivity contribution >= 4 is 17.5 Å². The van der Waals surface area contributed by atoms with E-state index in [2.05, 4.69) is 16.0 Å². The second kappa shape index (κ2) is 6.98. The molecule has 0 radical (unpaired) electrons. The lowest BCUT2D eigenvalue weighted by Gasteiger charge is -2.25. The Morgan fingerprint density at radius 1 is 1.14 bits per heavy atom. The van der Waals surface area contributed by atoms with Gasteiger partial charge < -0.3 is 14.9 Å². The van der Waals surface area contributed by atoms with Crippen LogP contribution in [-0.2, 0) is 21.4 Å². The Hall–Kier alpha value is -2.80. The maximum atomic E-state index is 13.1. The molecule has 1 spiro atoms. The SMILES string of the molecule is Cc1ccc2c(c1)C1(CCN(C(=O)CO)C1)CN2C(=O)Cc1cnc(C)cn1. The molecule has 1 aromatic heterocycles. The van der Waals surface area contributed by atoms with Crippen molar-refractivity contribution in [2.24, 2.45) is 0 Å². The van der Waals surface area contributed by atoms with Gasteiger partial charge in [-0.3, -0.25) is 19.6 Å². The molecule has 7 nitrogen and oxygen atoms in total. The van der Waals surface area contributed by atoms with E-state index in [1.54, 1.807) is 17.3 Å². The number of hydrogen-bond donors (Lipinski definition) is 1. The molecule has 2 aromatic rings. The lowest BCUT2D eigenvalue weighted by Crippen LogP contribution is -2.41. The smallest absolute Gasteiger partial charge is 0.248 e. The van der Waals surface area contributed by atoms with Crippen LogP contribution in [0, 0.1) is 13.8 Å². The van der Waals surface area contributed by atoms with Crippen LogP contribution in [0.15, 0.2) is 30.6 Å². The Kier molecular flexibility index (Phi) is 4.63. The minimum atomic E-state index is -0.481. The lowest BCUT2D eigenvalue weighted by molar-refractivity contribution is -0.133. The van der Waals surface area contributed by atoms with Gasteiger partial charge in [-0.1, -0.05) is 17.7 Å². The van der Waals surface area contributed by atoms with Crippen molar-refractivity contribution in [1.82, 2.24) is 14.9 Å². The van der Waals surface area contributed by atoms with E-state index in [-0.39, 0.29) is 23.7 Å². The van der Waals surface area contributed by atoms with Crippen molar-refractivity contribution in [2.75, 3.05) is 31.1 Å². The van der Waals surface area contributed by atoms with Crippen LogP contribution in [0.3, 0.4) is 0 Å². The monoisotopic (exact) mass is 380 g/mol. The van der Waals surface area contributed by atoms with Crippen molar-refractivity contribution in [3.8, 4) is 0 Å². The number of carbonyl (C=O) groups is 2. The van der Waals surface area contributed by atoms with E-state index in [1.807, 2.05) is 30.9 Å². The van der Waals surface area contributed by atoms with Gasteiger partial charge in [0.1, 0.15) is 6.61 Å². The first-order valence-corrected chi connectivity index (χ1v) is 9.49. The van der Waals surface area contributed by atoms with Gasteiger partial charge in [0, 0.05) is 43.1 Å². The zero-order valence-electron chi connectivity index (χ0n) is 16.2. The Bertz CT molecular complexity index is 928. The van der Waals surface area contributed by atoms with Gasteiger partial charge >= 0.3 is 0 Å². The summed E-state index contributed by atoms with van der Waals surface area (Å²) in [6.07, 6.45) is 4.28. The van der Waals surface area contributed by atoms with Crippen LogP contribution in [0.5, 0.6) is 0 Å². The number of rotatable bonds is 3. The van der Waals surface area contributed by atoms with Crippen LogP contribution >= 0.6 is 0 Å². The number of benzene rings is 1. The molecule has 2 aliphatic rings. The van der Waals surface area contributed by atoms with Gasteiger partial charge in [-0.25, -0.2) is 0 Å². The molecule has 0 saturated carbocycles. The number of aromatic nitrogens is 2. The zero-order chi connectivity index (χ0) is 19.9. The summed E-state index contributed by atoms with van der Waals surface area (Å²) in [7, 11) is 0. The third kappa shape index (κ3) is 3.16. The highest BCUT2D eigenvalue weighted by molar-refractivity contribution is 5.97. The van der Waals surface area contributed by atoms with Crippen molar-refractivity contribution < 1.29 is 14.7 Å². The Balaban J connectivity index is 1.63. The van der Waals surface area contributed by atoms with E-state index in [0.717, 1.165) is 28.9 Å². The number of nitrogens with zero attached hydrogens (tertiary/aromatic N) is 4. The van der Waals surface area contributed by atoms with E-state index >= 15 is 0 Å². The van der Waals surface area contributed by atoms with Crippen LogP contribution in [0.2, 0.25) is 0 Å². The van der Waals surface area contributed by atoms with Crippen molar-refractivity contribution in [3.63, 3.8) is 0 Å². The summed E-state index contributed by atoms with van der Waals surface area (Å²) in [6, 6.07) is 6.13. The summed E-state index contributed by atoms with van der Waals surface area (Å²) >= 11 is 0. The summed E-state index contributed by atoms with van der Waals surface area (Å²) in [4.78, 5) is 37.1. The molecule has 0 bridgehead atoms. The van der Waals surface area contributed by atoms with Gasteiger partial charge in [-0.2, -0.15) is 0 Å². The van der Waals surface area contributed by atoms with Crippen LogP contribution in [0.1, 0.15) is 28.9 Å². The van der Waals surface area contributed by atoms with Crippen LogP contribution in [0.25, 0.3) is 0 Å². The van der Waals surface area contributed by atoms with Gasteiger partial charge in [0.2, 0.25) is 11.8 Å². The topological polar surface area (TPSA) is 86.6 Å². The van der Waals surface area contributed by atoms with E-state index in [4.69, 9.17) is 0 Å². The van der Waals surface area contributed by atoms with E-state index < -0.39 is 6.61 Å². The number of carbonyl (C=O) groups excluding carboxylic acids is 2. The molecule has 146 valence electrons. The minimum absolute atomic E-state index is 0.0212. The number of aryl methyl sites for hydroxylation is 2. The van der Waals surface area contributed by atoms with E-state index in [1.165, 1.54) is 0 Å². The third-order valence-electron chi connectivity index (χ3n) is 5.78. The molecule has 1 unspecified atom stereocenters. The molecule has 7 heteroatoms. The molecule has 2 aliphatic heterocycles. The molecule has 1 saturated heterocycles. The standard InChI is InChI=1S/C21H24N4O3/c1-14-3-4-18-17(7-14)21(5-6-24(12-21)20(28)11-26)13-25(18)19(27)8-16-10-22-15(2)9-23-16/h3-4,7,9-10,26H,5-6,8,11-13H2,1-2H3. The molecule has 1 aromatic carbocycles. The molecular formula is C21H24N4O3. The molecule has 0 aliphatic carbocycles. The lowest BCUT2D eigenvalue weighted by atomic mass is 9.81. The highest BCUT2D eigenvalue weighted by atomic mass is 16.3. The minimum Gasteiger partial charge on any atom is -0.387 e. The molecule has 1 fully saturated rings.